The first-order valence-electron chi connectivity index (χ1n) is 6.41. The zero-order chi connectivity index (χ0) is 14.8. The highest BCUT2D eigenvalue weighted by atomic mass is 79.9. The molecular formula is C14H15BrClNO3. The van der Waals surface area contributed by atoms with Crippen molar-refractivity contribution in [2.75, 3.05) is 6.54 Å². The van der Waals surface area contributed by atoms with E-state index in [2.05, 4.69) is 21.2 Å². The van der Waals surface area contributed by atoms with Gasteiger partial charge >= 0.3 is 5.97 Å². The van der Waals surface area contributed by atoms with Gasteiger partial charge in [0, 0.05) is 21.6 Å². The van der Waals surface area contributed by atoms with E-state index in [4.69, 9.17) is 11.6 Å². The molecule has 1 aliphatic rings. The normalized spacial score (nSPS) is 16.9. The predicted molar refractivity (Wildman–Crippen MR) is 80.0 cm³/mol. The molecule has 2 N–H and O–H groups in total. The van der Waals surface area contributed by atoms with E-state index in [0.717, 1.165) is 12.8 Å². The van der Waals surface area contributed by atoms with Gasteiger partial charge in [-0.3, -0.25) is 9.59 Å². The van der Waals surface area contributed by atoms with E-state index < -0.39 is 11.4 Å². The zero-order valence-electron chi connectivity index (χ0n) is 10.8. The number of carbonyl (C=O) groups excluding carboxylic acids is 1. The highest BCUT2D eigenvalue weighted by Gasteiger charge is 2.41. The fraction of sp³-hybridized carbons (Fsp3) is 0.429. The lowest BCUT2D eigenvalue weighted by Crippen LogP contribution is -2.41. The lowest BCUT2D eigenvalue weighted by Gasteiger charge is -2.24. The first kappa shape index (κ1) is 15.3. The first-order valence-corrected chi connectivity index (χ1v) is 7.58. The molecule has 0 atom stereocenters. The number of carboxylic acid groups (broad SMARTS) is 1. The van der Waals surface area contributed by atoms with Crippen LogP contribution in [0.2, 0.25) is 5.02 Å². The topological polar surface area (TPSA) is 66.4 Å². The number of hydrogen-bond acceptors (Lipinski definition) is 2. The Balaban J connectivity index is 2.06. The van der Waals surface area contributed by atoms with Gasteiger partial charge in [0.25, 0.3) is 5.91 Å². The van der Waals surface area contributed by atoms with Crippen molar-refractivity contribution in [1.82, 2.24) is 5.32 Å². The molecule has 0 radical (unpaired) electrons. The van der Waals surface area contributed by atoms with Crippen molar-refractivity contribution in [3.8, 4) is 0 Å². The number of hydrogen-bond donors (Lipinski definition) is 2. The molecule has 0 heterocycles. The van der Waals surface area contributed by atoms with Gasteiger partial charge in [-0.15, -0.1) is 0 Å². The summed E-state index contributed by atoms with van der Waals surface area (Å²) in [4.78, 5) is 23.5. The van der Waals surface area contributed by atoms with Crippen LogP contribution in [0.1, 0.15) is 36.0 Å². The Morgan fingerprint density at radius 2 is 1.95 bits per heavy atom. The van der Waals surface area contributed by atoms with Crippen LogP contribution in [0.5, 0.6) is 0 Å². The van der Waals surface area contributed by atoms with Crippen LogP contribution in [0.3, 0.4) is 0 Å². The Morgan fingerprint density at radius 3 is 2.50 bits per heavy atom. The van der Waals surface area contributed by atoms with Gasteiger partial charge in [-0.2, -0.15) is 0 Å². The van der Waals surface area contributed by atoms with Crippen LogP contribution < -0.4 is 5.32 Å². The van der Waals surface area contributed by atoms with Crippen LogP contribution in [0.25, 0.3) is 0 Å². The largest absolute Gasteiger partial charge is 0.481 e. The van der Waals surface area contributed by atoms with Gasteiger partial charge in [0.15, 0.2) is 0 Å². The number of amides is 1. The van der Waals surface area contributed by atoms with Gasteiger partial charge < -0.3 is 10.4 Å². The van der Waals surface area contributed by atoms with E-state index >= 15 is 0 Å². The fourth-order valence-corrected chi connectivity index (χ4v) is 3.41. The number of aliphatic carboxylic acids is 1. The molecule has 0 saturated heterocycles. The van der Waals surface area contributed by atoms with Crippen LogP contribution in [0.4, 0.5) is 0 Å². The summed E-state index contributed by atoms with van der Waals surface area (Å²) in [5, 5.41) is 12.5. The first-order chi connectivity index (χ1) is 9.43. The lowest BCUT2D eigenvalue weighted by atomic mass is 9.86. The van der Waals surface area contributed by atoms with Gasteiger partial charge in [-0.1, -0.05) is 40.4 Å². The summed E-state index contributed by atoms with van der Waals surface area (Å²) < 4.78 is 0.712. The van der Waals surface area contributed by atoms with Gasteiger partial charge in [0.05, 0.1) is 5.41 Å². The quantitative estimate of drug-likeness (QED) is 0.864. The molecule has 20 heavy (non-hydrogen) atoms. The van der Waals surface area contributed by atoms with Crippen molar-refractivity contribution in [3.05, 3.63) is 33.3 Å². The van der Waals surface area contributed by atoms with Gasteiger partial charge in [0.2, 0.25) is 0 Å². The summed E-state index contributed by atoms with van der Waals surface area (Å²) in [6.07, 6.45) is 3.01. The zero-order valence-corrected chi connectivity index (χ0v) is 13.1. The van der Waals surface area contributed by atoms with Crippen LogP contribution in [-0.4, -0.2) is 23.5 Å². The Morgan fingerprint density at radius 1 is 1.30 bits per heavy atom. The third-order valence-corrected chi connectivity index (χ3v) is 4.40. The molecule has 108 valence electrons. The average molecular weight is 361 g/mol. The number of carboxylic acids is 1. The third-order valence-electron chi connectivity index (χ3n) is 3.73. The summed E-state index contributed by atoms with van der Waals surface area (Å²) in [6, 6.07) is 4.90. The monoisotopic (exact) mass is 359 g/mol. The molecule has 1 aliphatic carbocycles. The molecule has 0 aliphatic heterocycles. The second-order valence-corrected chi connectivity index (χ2v) is 6.49. The van der Waals surface area contributed by atoms with E-state index in [1.807, 2.05) is 0 Å². The van der Waals surface area contributed by atoms with Crippen molar-refractivity contribution in [3.63, 3.8) is 0 Å². The number of benzene rings is 1. The second kappa shape index (κ2) is 6.14. The molecule has 1 aromatic carbocycles. The third kappa shape index (κ3) is 3.33. The highest BCUT2D eigenvalue weighted by Crippen LogP contribution is 2.37. The maximum Gasteiger partial charge on any atom is 0.311 e. The maximum absolute atomic E-state index is 12.1. The van der Waals surface area contributed by atoms with Crippen LogP contribution in [0.15, 0.2) is 22.7 Å². The molecule has 6 heteroatoms. The second-order valence-electron chi connectivity index (χ2n) is 5.13. The Kier molecular flexibility index (Phi) is 4.70. The molecule has 1 fully saturated rings. The lowest BCUT2D eigenvalue weighted by molar-refractivity contribution is -0.148. The number of carbonyl (C=O) groups is 2. The predicted octanol–water partition coefficient (Wildman–Crippen LogP) is 3.48. The van der Waals surface area contributed by atoms with Crippen molar-refractivity contribution in [1.29, 1.82) is 0 Å². The molecular weight excluding hydrogens is 346 g/mol. The van der Waals surface area contributed by atoms with E-state index in [9.17, 15) is 14.7 Å². The molecule has 1 amide bonds. The molecule has 0 spiro atoms. The van der Waals surface area contributed by atoms with E-state index in [0.29, 0.717) is 27.9 Å². The van der Waals surface area contributed by atoms with Crippen molar-refractivity contribution in [2.45, 2.75) is 25.7 Å². The Labute approximate surface area is 130 Å². The van der Waals surface area contributed by atoms with E-state index in [1.54, 1.807) is 18.2 Å². The minimum atomic E-state index is -0.831. The number of halogens is 2. The fourth-order valence-electron chi connectivity index (χ4n) is 2.55. The van der Waals surface area contributed by atoms with E-state index in [-0.39, 0.29) is 12.5 Å². The minimum absolute atomic E-state index is 0.158. The average Bonchev–Trinajstić information content (AvgIpc) is 2.84. The van der Waals surface area contributed by atoms with Crippen molar-refractivity contribution < 1.29 is 14.7 Å². The van der Waals surface area contributed by atoms with Gasteiger partial charge in [-0.05, 0) is 31.0 Å². The SMILES string of the molecule is O=C(NCC1(C(=O)O)CCCC1)c1cc(Cl)cc(Br)c1. The molecule has 0 aromatic heterocycles. The summed E-state index contributed by atoms with van der Waals surface area (Å²) in [5.41, 5.74) is -0.395. The Bertz CT molecular complexity index is 521. The molecule has 1 aromatic rings. The number of nitrogens with one attached hydrogen (secondary N) is 1. The molecule has 2 rings (SSSR count). The molecule has 0 unspecified atom stereocenters. The van der Waals surface area contributed by atoms with E-state index in [1.165, 1.54) is 0 Å². The van der Waals surface area contributed by atoms with Crippen LogP contribution in [0, 0.1) is 5.41 Å². The molecule has 0 bridgehead atoms. The standard InChI is InChI=1S/C14H15BrClNO3/c15-10-5-9(6-11(16)7-10)12(18)17-8-14(13(19)20)3-1-2-4-14/h5-7H,1-4,8H2,(H,17,18)(H,19,20). The maximum atomic E-state index is 12.1. The van der Waals surface area contributed by atoms with Crippen molar-refractivity contribution in [2.24, 2.45) is 5.41 Å². The molecule has 1 saturated carbocycles. The summed E-state index contributed by atoms with van der Waals surface area (Å²) in [6.45, 7) is 0.158. The highest BCUT2D eigenvalue weighted by molar-refractivity contribution is 9.10. The Hall–Kier alpha value is -1.07. The smallest absolute Gasteiger partial charge is 0.311 e. The van der Waals surface area contributed by atoms with Gasteiger partial charge in [0.1, 0.15) is 0 Å². The van der Waals surface area contributed by atoms with Gasteiger partial charge in [-0.25, -0.2) is 0 Å². The van der Waals surface area contributed by atoms with Crippen LogP contribution in [-0.2, 0) is 4.79 Å². The van der Waals surface area contributed by atoms with Crippen molar-refractivity contribution >= 4 is 39.4 Å². The molecule has 4 nitrogen and oxygen atoms in total. The minimum Gasteiger partial charge on any atom is -0.481 e. The summed E-state index contributed by atoms with van der Waals surface area (Å²) >= 11 is 9.17. The van der Waals surface area contributed by atoms with Crippen LogP contribution >= 0.6 is 27.5 Å². The summed E-state index contributed by atoms with van der Waals surface area (Å²) in [7, 11) is 0. The summed E-state index contributed by atoms with van der Waals surface area (Å²) in [5.74, 6) is -1.14. The number of rotatable bonds is 4.